The number of rotatable bonds is 7. The van der Waals surface area contributed by atoms with E-state index in [1.807, 2.05) is 42.7 Å². The van der Waals surface area contributed by atoms with Crippen LogP contribution in [0.25, 0.3) is 22.8 Å². The molecule has 2 aliphatic rings. The summed E-state index contributed by atoms with van der Waals surface area (Å²) in [5.74, 6) is 3.15. The van der Waals surface area contributed by atoms with E-state index in [-0.39, 0.29) is 0 Å². The van der Waals surface area contributed by atoms with Gasteiger partial charge in [0, 0.05) is 37.8 Å². The highest BCUT2D eigenvalue weighted by molar-refractivity contribution is 5.59. The van der Waals surface area contributed by atoms with Crippen LogP contribution in [0.2, 0.25) is 0 Å². The van der Waals surface area contributed by atoms with Crippen molar-refractivity contribution >= 4 is 11.6 Å². The molecule has 1 N–H and O–H groups in total. The molecule has 38 heavy (non-hydrogen) atoms. The lowest BCUT2D eigenvalue weighted by Gasteiger charge is -2.39. The van der Waals surface area contributed by atoms with Crippen LogP contribution in [-0.4, -0.2) is 44.2 Å². The number of pyridine rings is 1. The Hall–Kier alpha value is -3.81. The summed E-state index contributed by atoms with van der Waals surface area (Å²) in [6.07, 6.45) is 12.6. The Labute approximate surface area is 223 Å². The van der Waals surface area contributed by atoms with Crippen LogP contribution in [0.1, 0.15) is 50.8 Å². The first-order chi connectivity index (χ1) is 18.7. The maximum Gasteiger partial charge on any atom is 0.223 e. The number of hydrogen-bond donors (Lipinski definition) is 1. The fourth-order valence-electron chi connectivity index (χ4n) is 6.07. The average Bonchev–Trinajstić information content (AvgIpc) is 3.41. The van der Waals surface area contributed by atoms with Gasteiger partial charge in [0.25, 0.3) is 0 Å². The van der Waals surface area contributed by atoms with Crippen LogP contribution in [-0.2, 0) is 0 Å². The van der Waals surface area contributed by atoms with Gasteiger partial charge >= 0.3 is 0 Å². The first-order valence-electron chi connectivity index (χ1n) is 13.9. The lowest BCUT2D eigenvalue weighted by Crippen LogP contribution is -2.39. The van der Waals surface area contributed by atoms with E-state index in [1.165, 1.54) is 50.6 Å². The van der Waals surface area contributed by atoms with E-state index in [9.17, 15) is 0 Å². The summed E-state index contributed by atoms with van der Waals surface area (Å²) in [5, 5.41) is 7.72. The largest absolute Gasteiger partial charge is 0.370 e. The van der Waals surface area contributed by atoms with Gasteiger partial charge in [0.2, 0.25) is 17.7 Å². The Bertz CT molecular complexity index is 1320. The van der Waals surface area contributed by atoms with Crippen molar-refractivity contribution in [2.24, 2.45) is 11.8 Å². The highest BCUT2D eigenvalue weighted by Gasteiger charge is 2.30. The lowest BCUT2D eigenvalue weighted by molar-refractivity contribution is 0.247. The normalized spacial score (nSPS) is 21.8. The molecule has 8 nitrogen and oxygen atoms in total. The van der Waals surface area contributed by atoms with Crippen LogP contribution in [0.4, 0.5) is 11.6 Å². The Morgan fingerprint density at radius 3 is 2.63 bits per heavy atom. The Morgan fingerprint density at radius 2 is 1.82 bits per heavy atom. The Morgan fingerprint density at radius 1 is 0.921 bits per heavy atom. The highest BCUT2D eigenvalue weighted by Crippen LogP contribution is 2.35. The zero-order valence-corrected chi connectivity index (χ0v) is 22.0. The van der Waals surface area contributed by atoms with Crippen molar-refractivity contribution in [3.63, 3.8) is 0 Å². The van der Waals surface area contributed by atoms with Crippen molar-refractivity contribution in [1.82, 2.24) is 25.1 Å². The SMILES string of the molecule is Cc1nc(-c2ccc(N3CCC[C@H](C[C@@H]4CCCC[C@H]4Nc4nccc(-c5ccccc5)n4)C3)cn2)no1. The summed E-state index contributed by atoms with van der Waals surface area (Å²) in [6.45, 7) is 3.94. The summed E-state index contributed by atoms with van der Waals surface area (Å²) in [4.78, 5) is 20.8. The maximum atomic E-state index is 5.10. The van der Waals surface area contributed by atoms with Crippen molar-refractivity contribution in [3.8, 4) is 22.8 Å². The number of piperidine rings is 1. The third-order valence-corrected chi connectivity index (χ3v) is 7.97. The molecule has 196 valence electrons. The van der Waals surface area contributed by atoms with E-state index in [4.69, 9.17) is 9.51 Å². The zero-order chi connectivity index (χ0) is 25.7. The minimum atomic E-state index is 0.421. The smallest absolute Gasteiger partial charge is 0.223 e. The third kappa shape index (κ3) is 5.69. The van der Waals surface area contributed by atoms with Gasteiger partial charge in [-0.3, -0.25) is 4.98 Å². The van der Waals surface area contributed by atoms with Crippen molar-refractivity contribution in [3.05, 3.63) is 66.8 Å². The van der Waals surface area contributed by atoms with Gasteiger partial charge in [0.15, 0.2) is 0 Å². The van der Waals surface area contributed by atoms with Gasteiger partial charge in [-0.2, -0.15) is 4.98 Å². The molecule has 0 radical (unpaired) electrons. The molecular weight excluding hydrogens is 474 g/mol. The molecule has 4 aromatic rings. The van der Waals surface area contributed by atoms with E-state index in [2.05, 4.69) is 48.5 Å². The molecule has 6 rings (SSSR count). The monoisotopic (exact) mass is 509 g/mol. The van der Waals surface area contributed by atoms with Gasteiger partial charge in [-0.25, -0.2) is 9.97 Å². The highest BCUT2D eigenvalue weighted by atomic mass is 16.5. The summed E-state index contributed by atoms with van der Waals surface area (Å²) in [5.41, 5.74) is 4.00. The van der Waals surface area contributed by atoms with Gasteiger partial charge in [-0.15, -0.1) is 0 Å². The molecule has 4 heterocycles. The zero-order valence-electron chi connectivity index (χ0n) is 22.0. The maximum absolute atomic E-state index is 5.10. The molecule has 8 heteroatoms. The van der Waals surface area contributed by atoms with Crippen LogP contribution in [0.5, 0.6) is 0 Å². The summed E-state index contributed by atoms with van der Waals surface area (Å²) >= 11 is 0. The van der Waals surface area contributed by atoms with E-state index in [1.54, 1.807) is 6.92 Å². The van der Waals surface area contributed by atoms with Gasteiger partial charge in [0.1, 0.15) is 5.69 Å². The third-order valence-electron chi connectivity index (χ3n) is 7.97. The second kappa shape index (κ2) is 11.3. The minimum absolute atomic E-state index is 0.421. The number of nitrogens with zero attached hydrogens (tertiary/aromatic N) is 6. The number of benzene rings is 1. The van der Waals surface area contributed by atoms with Gasteiger partial charge < -0.3 is 14.7 Å². The molecule has 0 spiro atoms. The Kier molecular flexibility index (Phi) is 7.29. The fourth-order valence-corrected chi connectivity index (χ4v) is 6.07. The molecule has 0 unspecified atom stereocenters. The van der Waals surface area contributed by atoms with Gasteiger partial charge in [0.05, 0.1) is 17.6 Å². The first-order valence-corrected chi connectivity index (χ1v) is 13.9. The fraction of sp³-hybridized carbons (Fsp3) is 0.433. The summed E-state index contributed by atoms with van der Waals surface area (Å²) in [6, 6.07) is 16.9. The molecule has 2 fully saturated rings. The van der Waals surface area contributed by atoms with Crippen LogP contribution in [0.15, 0.2) is 65.4 Å². The molecule has 3 atom stereocenters. The second-order valence-electron chi connectivity index (χ2n) is 10.7. The molecule has 1 aliphatic heterocycles. The van der Waals surface area contributed by atoms with Gasteiger partial charge in [-0.05, 0) is 62.1 Å². The molecule has 0 amide bonds. The predicted octanol–water partition coefficient (Wildman–Crippen LogP) is 6.17. The van der Waals surface area contributed by atoms with Crippen molar-refractivity contribution in [2.45, 2.75) is 57.9 Å². The van der Waals surface area contributed by atoms with E-state index in [0.717, 1.165) is 36.0 Å². The van der Waals surface area contributed by atoms with Crippen LogP contribution < -0.4 is 10.2 Å². The second-order valence-corrected chi connectivity index (χ2v) is 10.7. The minimum Gasteiger partial charge on any atom is -0.370 e. The number of hydrogen-bond acceptors (Lipinski definition) is 8. The van der Waals surface area contributed by atoms with E-state index in [0.29, 0.717) is 29.6 Å². The van der Waals surface area contributed by atoms with Crippen LogP contribution in [0.3, 0.4) is 0 Å². The molecule has 0 bridgehead atoms. The predicted molar refractivity (Wildman–Crippen MR) is 149 cm³/mol. The summed E-state index contributed by atoms with van der Waals surface area (Å²) < 4.78 is 5.10. The van der Waals surface area contributed by atoms with E-state index >= 15 is 0 Å². The molecule has 1 saturated carbocycles. The van der Waals surface area contributed by atoms with E-state index < -0.39 is 0 Å². The number of aryl methyl sites for hydroxylation is 1. The molecule has 1 saturated heterocycles. The van der Waals surface area contributed by atoms with Gasteiger partial charge in [-0.1, -0.05) is 48.3 Å². The van der Waals surface area contributed by atoms with Crippen LogP contribution in [0, 0.1) is 18.8 Å². The quantitative estimate of drug-likeness (QED) is 0.316. The lowest BCUT2D eigenvalue weighted by atomic mass is 9.77. The number of anilines is 2. The standard InChI is InChI=1S/C30H35N7O/c1-21-33-29(36-38-21)28-14-13-25(19-32-28)37-17-7-8-22(20-37)18-24-11-5-6-12-26(24)34-30-31-16-15-27(35-30)23-9-3-2-4-10-23/h2-4,9-10,13-16,19,22,24,26H,5-8,11-12,17-18,20H2,1H3,(H,31,34,35)/t22-,24+,26-/m1/s1. The molecule has 1 aromatic carbocycles. The average molecular weight is 510 g/mol. The molecule has 1 aliphatic carbocycles. The molecule has 3 aromatic heterocycles. The molecular formula is C30H35N7O. The summed E-state index contributed by atoms with van der Waals surface area (Å²) in [7, 11) is 0. The van der Waals surface area contributed by atoms with Crippen LogP contribution >= 0.6 is 0 Å². The van der Waals surface area contributed by atoms with Crippen molar-refractivity contribution in [1.29, 1.82) is 0 Å². The Balaban J connectivity index is 1.10. The van der Waals surface area contributed by atoms with Crippen molar-refractivity contribution < 1.29 is 4.52 Å². The topological polar surface area (TPSA) is 92.9 Å². The number of nitrogens with one attached hydrogen (secondary N) is 1. The van der Waals surface area contributed by atoms with Crippen molar-refractivity contribution in [2.75, 3.05) is 23.3 Å². The number of aromatic nitrogens is 5. The first kappa shape index (κ1) is 24.5.